The summed E-state index contributed by atoms with van der Waals surface area (Å²) in [6.45, 7) is 0. The zero-order chi connectivity index (χ0) is 10.4. The number of nitrogens with two attached hydrogens (primary N) is 1. The van der Waals surface area contributed by atoms with Gasteiger partial charge in [-0.15, -0.1) is 0 Å². The van der Waals surface area contributed by atoms with Gasteiger partial charge in [0.2, 0.25) is 0 Å². The van der Waals surface area contributed by atoms with Gasteiger partial charge >= 0.3 is 0 Å². The molecule has 0 atom stereocenters. The molecule has 0 fully saturated rings. The molecule has 0 saturated heterocycles. The fourth-order valence-electron chi connectivity index (χ4n) is 0.794. The summed E-state index contributed by atoms with van der Waals surface area (Å²) in [5.41, 5.74) is 11.7. The molecular weight excluding hydrogens is 216 g/mol. The molecule has 0 aliphatic carbocycles. The molecule has 14 heavy (non-hydrogen) atoms. The number of hydrazine groups is 1. The Labute approximate surface area is 92.8 Å². The van der Waals surface area contributed by atoms with Crippen LogP contribution in [-0.4, -0.2) is 10.2 Å². The summed E-state index contributed by atoms with van der Waals surface area (Å²) in [5.74, 6) is 0. The summed E-state index contributed by atoms with van der Waals surface area (Å²) in [6.07, 6.45) is 0. The molecule has 1 rings (SSSR count). The SMILES string of the molecule is NC(=S)NC(=S)NNc1ccccc1. The molecule has 0 bridgehead atoms. The standard InChI is InChI=1S/C8H10N4S2/c9-7(13)10-8(14)12-11-6-4-2-1-3-5-6/h1-5,11H,(H4,9,10,12,13,14). The highest BCUT2D eigenvalue weighted by atomic mass is 32.1. The van der Waals surface area contributed by atoms with Crippen LogP contribution in [0, 0.1) is 0 Å². The van der Waals surface area contributed by atoms with Crippen LogP contribution in [-0.2, 0) is 0 Å². The Morgan fingerprint density at radius 2 is 1.79 bits per heavy atom. The Balaban J connectivity index is 2.34. The Kier molecular flexibility index (Phi) is 4.09. The number of para-hydroxylation sites is 1. The fourth-order valence-corrected chi connectivity index (χ4v) is 1.12. The van der Waals surface area contributed by atoms with Crippen LogP contribution in [0.1, 0.15) is 0 Å². The zero-order valence-electron chi connectivity index (χ0n) is 7.28. The molecule has 0 unspecified atom stereocenters. The van der Waals surface area contributed by atoms with E-state index in [1.807, 2.05) is 30.3 Å². The number of hydrogen-bond acceptors (Lipinski definition) is 3. The molecule has 0 aliphatic rings. The Hall–Kier alpha value is -1.40. The molecule has 1 aromatic carbocycles. The lowest BCUT2D eigenvalue weighted by atomic mass is 10.3. The number of hydrogen-bond donors (Lipinski definition) is 4. The third-order valence-electron chi connectivity index (χ3n) is 1.33. The van der Waals surface area contributed by atoms with Gasteiger partial charge in [0.05, 0.1) is 5.69 Å². The second-order valence-electron chi connectivity index (χ2n) is 2.43. The summed E-state index contributed by atoms with van der Waals surface area (Å²) in [5, 5.41) is 3.05. The lowest BCUT2D eigenvalue weighted by Crippen LogP contribution is -2.44. The molecule has 0 saturated carbocycles. The van der Waals surface area contributed by atoms with Gasteiger partial charge in [0.25, 0.3) is 0 Å². The predicted octanol–water partition coefficient (Wildman–Crippen LogP) is 0.721. The second kappa shape index (κ2) is 5.36. The van der Waals surface area contributed by atoms with Crippen LogP contribution in [0.2, 0.25) is 0 Å². The molecule has 0 aromatic heterocycles. The van der Waals surface area contributed by atoms with E-state index in [0.717, 1.165) is 5.69 Å². The summed E-state index contributed by atoms with van der Waals surface area (Å²) >= 11 is 9.49. The average molecular weight is 226 g/mol. The highest BCUT2D eigenvalue weighted by Gasteiger charge is 1.94. The zero-order valence-corrected chi connectivity index (χ0v) is 8.91. The highest BCUT2D eigenvalue weighted by molar-refractivity contribution is 7.81. The van der Waals surface area contributed by atoms with Crippen molar-refractivity contribution < 1.29 is 0 Å². The molecule has 4 nitrogen and oxygen atoms in total. The normalized spacial score (nSPS) is 8.86. The molecule has 0 heterocycles. The third kappa shape index (κ3) is 4.01. The van der Waals surface area contributed by atoms with Crippen LogP contribution < -0.4 is 21.9 Å². The van der Waals surface area contributed by atoms with E-state index in [1.54, 1.807) is 0 Å². The maximum Gasteiger partial charge on any atom is 0.191 e. The second-order valence-corrected chi connectivity index (χ2v) is 3.28. The van der Waals surface area contributed by atoms with Crippen molar-refractivity contribution >= 4 is 40.3 Å². The van der Waals surface area contributed by atoms with Gasteiger partial charge in [0, 0.05) is 0 Å². The minimum Gasteiger partial charge on any atom is -0.376 e. The molecular formula is C8H10N4S2. The summed E-state index contributed by atoms with van der Waals surface area (Å²) in [7, 11) is 0. The van der Waals surface area contributed by atoms with Gasteiger partial charge in [0.15, 0.2) is 10.2 Å². The first-order valence-electron chi connectivity index (χ1n) is 3.86. The van der Waals surface area contributed by atoms with E-state index in [2.05, 4.69) is 28.4 Å². The van der Waals surface area contributed by atoms with Gasteiger partial charge < -0.3 is 11.1 Å². The van der Waals surface area contributed by atoms with Crippen molar-refractivity contribution in [2.45, 2.75) is 0 Å². The van der Waals surface area contributed by atoms with Crippen LogP contribution in [0.15, 0.2) is 30.3 Å². The van der Waals surface area contributed by atoms with Gasteiger partial charge in [0.1, 0.15) is 0 Å². The molecule has 0 amide bonds. The maximum atomic E-state index is 5.23. The van der Waals surface area contributed by atoms with Crippen LogP contribution in [0.5, 0.6) is 0 Å². The fraction of sp³-hybridized carbons (Fsp3) is 0. The van der Waals surface area contributed by atoms with Crippen LogP contribution in [0.4, 0.5) is 5.69 Å². The Morgan fingerprint density at radius 3 is 2.36 bits per heavy atom. The molecule has 0 aliphatic heterocycles. The van der Waals surface area contributed by atoms with Crippen molar-refractivity contribution in [3.63, 3.8) is 0 Å². The Morgan fingerprint density at radius 1 is 1.14 bits per heavy atom. The summed E-state index contributed by atoms with van der Waals surface area (Å²) in [6, 6.07) is 9.55. The number of rotatable bonds is 2. The topological polar surface area (TPSA) is 62.1 Å². The van der Waals surface area contributed by atoms with E-state index in [-0.39, 0.29) is 5.11 Å². The van der Waals surface area contributed by atoms with Crippen LogP contribution in [0.25, 0.3) is 0 Å². The average Bonchev–Trinajstić information content (AvgIpc) is 2.15. The minimum absolute atomic E-state index is 0.136. The van der Waals surface area contributed by atoms with Crippen molar-refractivity contribution in [2.75, 3.05) is 5.43 Å². The molecule has 6 heteroatoms. The molecule has 0 spiro atoms. The first-order valence-corrected chi connectivity index (χ1v) is 4.67. The molecule has 74 valence electrons. The predicted molar refractivity (Wildman–Crippen MR) is 65.7 cm³/mol. The number of benzene rings is 1. The summed E-state index contributed by atoms with van der Waals surface area (Å²) < 4.78 is 0. The van der Waals surface area contributed by atoms with Gasteiger partial charge in [-0.25, -0.2) is 0 Å². The van der Waals surface area contributed by atoms with Gasteiger partial charge in [-0.2, -0.15) is 0 Å². The lowest BCUT2D eigenvalue weighted by Gasteiger charge is -2.10. The molecule has 0 radical (unpaired) electrons. The lowest BCUT2D eigenvalue weighted by molar-refractivity contribution is 1.09. The highest BCUT2D eigenvalue weighted by Crippen LogP contribution is 2.01. The van der Waals surface area contributed by atoms with Crippen LogP contribution >= 0.6 is 24.4 Å². The van der Waals surface area contributed by atoms with E-state index in [1.165, 1.54) is 0 Å². The monoisotopic (exact) mass is 226 g/mol. The first-order chi connectivity index (χ1) is 6.68. The maximum absolute atomic E-state index is 5.23. The molecule has 1 aromatic rings. The van der Waals surface area contributed by atoms with E-state index in [0.29, 0.717) is 5.11 Å². The van der Waals surface area contributed by atoms with Gasteiger partial charge in [-0.3, -0.25) is 10.9 Å². The van der Waals surface area contributed by atoms with Crippen molar-refractivity contribution in [2.24, 2.45) is 5.73 Å². The van der Waals surface area contributed by atoms with Crippen molar-refractivity contribution in [1.82, 2.24) is 10.7 Å². The minimum atomic E-state index is 0.136. The number of nitrogens with one attached hydrogen (secondary N) is 3. The summed E-state index contributed by atoms with van der Waals surface area (Å²) in [4.78, 5) is 0. The first kappa shape index (κ1) is 10.7. The Bertz CT molecular complexity index is 325. The van der Waals surface area contributed by atoms with Crippen molar-refractivity contribution in [3.05, 3.63) is 30.3 Å². The number of anilines is 1. The van der Waals surface area contributed by atoms with E-state index in [9.17, 15) is 0 Å². The van der Waals surface area contributed by atoms with Crippen molar-refractivity contribution in [1.29, 1.82) is 0 Å². The van der Waals surface area contributed by atoms with E-state index in [4.69, 9.17) is 18.0 Å². The van der Waals surface area contributed by atoms with Crippen LogP contribution in [0.3, 0.4) is 0 Å². The molecule has 5 N–H and O–H groups in total. The van der Waals surface area contributed by atoms with E-state index < -0.39 is 0 Å². The quantitative estimate of drug-likeness (QED) is 0.440. The van der Waals surface area contributed by atoms with Gasteiger partial charge in [-0.1, -0.05) is 18.2 Å². The third-order valence-corrected chi connectivity index (χ3v) is 1.64. The van der Waals surface area contributed by atoms with E-state index >= 15 is 0 Å². The van der Waals surface area contributed by atoms with Gasteiger partial charge in [-0.05, 0) is 36.6 Å². The largest absolute Gasteiger partial charge is 0.376 e. The van der Waals surface area contributed by atoms with Crippen molar-refractivity contribution in [3.8, 4) is 0 Å². The smallest absolute Gasteiger partial charge is 0.191 e. The number of thiocarbonyl (C=S) groups is 2.